The smallest absolute Gasteiger partial charge is 0.323 e. The molecule has 8 heteroatoms. The van der Waals surface area contributed by atoms with Gasteiger partial charge in [0.05, 0.1) is 26.0 Å². The highest BCUT2D eigenvalue weighted by molar-refractivity contribution is 7.89. The van der Waals surface area contributed by atoms with Gasteiger partial charge in [-0.15, -0.1) is 0 Å². The predicted octanol–water partition coefficient (Wildman–Crippen LogP) is 3.10. The summed E-state index contributed by atoms with van der Waals surface area (Å²) in [6.45, 7) is -0.0900. The fourth-order valence-corrected chi connectivity index (χ4v) is 6.02. The average Bonchev–Trinajstić information content (AvgIpc) is 3.05. The highest BCUT2D eigenvalue weighted by Crippen LogP contribution is 2.35. The van der Waals surface area contributed by atoms with Gasteiger partial charge in [-0.3, -0.25) is 9.28 Å². The summed E-state index contributed by atoms with van der Waals surface area (Å²) in [6, 6.07) is 14.7. The molecule has 32 heavy (non-hydrogen) atoms. The zero-order valence-electron chi connectivity index (χ0n) is 18.9. The lowest BCUT2D eigenvalue weighted by atomic mass is 9.91. The first kappa shape index (κ1) is 22.5. The Balaban J connectivity index is 1.65. The van der Waals surface area contributed by atoms with Crippen molar-refractivity contribution in [2.24, 2.45) is 0 Å². The topological polar surface area (TPSA) is 79.6 Å². The molecule has 0 unspecified atom stereocenters. The Kier molecular flexibility index (Phi) is 5.65. The highest BCUT2D eigenvalue weighted by atomic mass is 32.2. The van der Waals surface area contributed by atoms with E-state index in [0.717, 1.165) is 27.8 Å². The van der Waals surface area contributed by atoms with Crippen molar-refractivity contribution in [3.05, 3.63) is 59.8 Å². The van der Waals surface area contributed by atoms with Crippen molar-refractivity contribution < 1.29 is 18.3 Å². The van der Waals surface area contributed by atoms with Gasteiger partial charge in [0, 0.05) is 41.8 Å². The summed E-state index contributed by atoms with van der Waals surface area (Å²) in [7, 11) is 4.12. The van der Waals surface area contributed by atoms with Crippen molar-refractivity contribution in [1.29, 1.82) is 0 Å². The Morgan fingerprint density at radius 2 is 1.78 bits per heavy atom. The summed E-state index contributed by atoms with van der Waals surface area (Å²) in [6.07, 6.45) is 1.85. The van der Waals surface area contributed by atoms with Gasteiger partial charge in [-0.2, -0.15) is 4.31 Å². The summed E-state index contributed by atoms with van der Waals surface area (Å²) in [5.41, 5.74) is 3.98. The van der Waals surface area contributed by atoms with E-state index in [-0.39, 0.29) is 17.5 Å². The minimum Gasteiger partial charge on any atom is -0.480 e. The monoisotopic (exact) mass is 456 g/mol. The number of rotatable bonds is 6. The lowest BCUT2D eigenvalue weighted by molar-refractivity contribution is -0.137. The van der Waals surface area contributed by atoms with E-state index in [0.29, 0.717) is 23.7 Å². The largest absolute Gasteiger partial charge is 0.480 e. The zero-order valence-corrected chi connectivity index (χ0v) is 19.8. The molecular weight excluding hydrogens is 426 g/mol. The van der Waals surface area contributed by atoms with Crippen LogP contribution in [0.4, 0.5) is 5.69 Å². The molecular formula is C24H30N3O4S+. The van der Waals surface area contributed by atoms with E-state index >= 15 is 0 Å². The molecule has 170 valence electrons. The van der Waals surface area contributed by atoms with Gasteiger partial charge in [-0.05, 0) is 43.0 Å². The van der Waals surface area contributed by atoms with Gasteiger partial charge < -0.3 is 9.67 Å². The van der Waals surface area contributed by atoms with Crippen LogP contribution in [0.25, 0.3) is 10.9 Å². The van der Waals surface area contributed by atoms with Gasteiger partial charge in [-0.25, -0.2) is 8.42 Å². The molecule has 0 bridgehead atoms. The van der Waals surface area contributed by atoms with Crippen LogP contribution in [-0.2, 0) is 34.2 Å². The maximum atomic E-state index is 13.4. The van der Waals surface area contributed by atoms with E-state index in [9.17, 15) is 18.3 Å². The van der Waals surface area contributed by atoms with Gasteiger partial charge in [0.2, 0.25) is 10.0 Å². The minimum atomic E-state index is -3.64. The average molecular weight is 457 g/mol. The van der Waals surface area contributed by atoms with Crippen molar-refractivity contribution in [3.63, 3.8) is 0 Å². The Morgan fingerprint density at radius 3 is 2.41 bits per heavy atom. The van der Waals surface area contributed by atoms with Crippen LogP contribution in [0.2, 0.25) is 0 Å². The van der Waals surface area contributed by atoms with Crippen molar-refractivity contribution in [1.82, 2.24) is 13.4 Å². The molecule has 1 aliphatic rings. The van der Waals surface area contributed by atoms with Crippen LogP contribution in [-0.4, -0.2) is 62.6 Å². The van der Waals surface area contributed by atoms with Gasteiger partial charge in [0.1, 0.15) is 12.2 Å². The number of para-hydroxylation sites is 1. The molecule has 1 heterocycles. The lowest BCUT2D eigenvalue weighted by Gasteiger charge is -2.31. The molecule has 0 amide bonds. The molecule has 1 aliphatic carbocycles. The van der Waals surface area contributed by atoms with E-state index in [4.69, 9.17) is 0 Å². The molecule has 0 aliphatic heterocycles. The van der Waals surface area contributed by atoms with Crippen LogP contribution >= 0.6 is 0 Å². The Hall–Kier alpha value is -2.68. The first-order valence-corrected chi connectivity index (χ1v) is 12.1. The summed E-state index contributed by atoms with van der Waals surface area (Å²) < 4.78 is 30.7. The molecule has 1 N–H and O–H groups in total. The summed E-state index contributed by atoms with van der Waals surface area (Å²) >= 11 is 0. The van der Waals surface area contributed by atoms with E-state index in [1.54, 1.807) is 19.2 Å². The van der Waals surface area contributed by atoms with Crippen LogP contribution in [0, 0.1) is 0 Å². The number of hydrogen-bond acceptors (Lipinski definition) is 3. The minimum absolute atomic E-state index is 0.0900. The summed E-state index contributed by atoms with van der Waals surface area (Å²) in [5.74, 6) is -0.882. The van der Waals surface area contributed by atoms with Crippen molar-refractivity contribution in [2.45, 2.75) is 36.7 Å². The first-order valence-electron chi connectivity index (χ1n) is 10.7. The van der Waals surface area contributed by atoms with Gasteiger partial charge >= 0.3 is 5.97 Å². The van der Waals surface area contributed by atoms with Crippen LogP contribution in [0.5, 0.6) is 0 Å². The second-order valence-corrected chi connectivity index (χ2v) is 11.3. The lowest BCUT2D eigenvalue weighted by Crippen LogP contribution is -2.40. The number of fused-ring (bicyclic) bond motifs is 3. The van der Waals surface area contributed by atoms with Crippen LogP contribution in [0.15, 0.2) is 53.4 Å². The normalized spacial score (nSPS) is 17.0. The molecule has 0 saturated carbocycles. The van der Waals surface area contributed by atoms with Crippen LogP contribution in [0.3, 0.4) is 0 Å². The Morgan fingerprint density at radius 1 is 1.12 bits per heavy atom. The third kappa shape index (κ3) is 3.94. The molecule has 0 fully saturated rings. The number of aromatic nitrogens is 1. The third-order valence-corrected chi connectivity index (χ3v) is 8.37. The third-order valence-electron chi connectivity index (χ3n) is 6.44. The maximum Gasteiger partial charge on any atom is 0.323 e. The maximum absolute atomic E-state index is 13.4. The molecule has 4 rings (SSSR count). The van der Waals surface area contributed by atoms with Crippen LogP contribution in [0.1, 0.15) is 17.7 Å². The van der Waals surface area contributed by atoms with E-state index in [2.05, 4.69) is 0 Å². The van der Waals surface area contributed by atoms with E-state index in [1.165, 1.54) is 4.31 Å². The number of likely N-dealkylation sites (N-methyl/N-ethyl adjacent to an activating group) is 1. The second-order valence-electron chi connectivity index (χ2n) is 9.35. The first-order chi connectivity index (χ1) is 15.0. The molecule has 1 aromatic heterocycles. The number of hydrogen-bond donors (Lipinski definition) is 1. The van der Waals surface area contributed by atoms with Gasteiger partial charge in [0.25, 0.3) is 0 Å². The zero-order chi connectivity index (χ0) is 23.3. The molecule has 3 aromatic rings. The van der Waals surface area contributed by atoms with Crippen molar-refractivity contribution in [2.75, 3.05) is 28.2 Å². The number of benzene rings is 2. The van der Waals surface area contributed by atoms with Crippen molar-refractivity contribution in [3.8, 4) is 0 Å². The number of aliphatic carboxylic acids is 1. The SMILES string of the molecule is CN([C@@H]1CCc2c(c3ccccc3n2CC(=O)O)C1)S(=O)(=O)c1ccc([N+](C)(C)C)cc1. The molecule has 1 atom stereocenters. The fourth-order valence-electron chi connectivity index (χ4n) is 4.64. The molecule has 7 nitrogen and oxygen atoms in total. The van der Waals surface area contributed by atoms with Crippen LogP contribution < -0.4 is 4.48 Å². The number of carbonyl (C=O) groups is 1. The summed E-state index contributed by atoms with van der Waals surface area (Å²) in [4.78, 5) is 11.7. The number of quaternary nitrogens is 1. The number of sulfonamides is 1. The molecule has 2 aromatic carbocycles. The van der Waals surface area contributed by atoms with E-state index in [1.807, 2.05) is 62.1 Å². The quantitative estimate of drug-likeness (QED) is 0.578. The number of nitrogens with zero attached hydrogens (tertiary/aromatic N) is 3. The molecule has 0 spiro atoms. The fraction of sp³-hybridized carbons (Fsp3) is 0.375. The number of carboxylic acids is 1. The van der Waals surface area contributed by atoms with Crippen molar-refractivity contribution >= 4 is 32.6 Å². The van der Waals surface area contributed by atoms with Gasteiger partial charge in [0.15, 0.2) is 0 Å². The van der Waals surface area contributed by atoms with Gasteiger partial charge in [-0.1, -0.05) is 18.2 Å². The van der Waals surface area contributed by atoms with E-state index < -0.39 is 16.0 Å². The Labute approximate surface area is 189 Å². The standard InChI is InChI=1S/C24H29N3O4S/c1-25(32(30,31)19-12-10-18(11-13-19)27(2,3)4)17-9-14-23-21(15-17)20-7-5-6-8-22(20)26(23)16-24(28)29/h5-8,10-13,17H,9,14-16H2,1-4H3/p+1/t17-/m1/s1. The molecule has 0 radical (unpaired) electrons. The predicted molar refractivity (Wildman–Crippen MR) is 126 cm³/mol. The summed E-state index contributed by atoms with van der Waals surface area (Å²) in [5, 5.41) is 10.4. The number of carboxylic acid groups (broad SMARTS) is 1. The Bertz CT molecular complexity index is 1270. The highest BCUT2D eigenvalue weighted by Gasteiger charge is 2.33. The second kappa shape index (κ2) is 8.03. The molecule has 0 saturated heterocycles.